The van der Waals surface area contributed by atoms with Crippen molar-refractivity contribution >= 4 is 32.9 Å². The van der Waals surface area contributed by atoms with Crippen LogP contribution in [0, 0.1) is 5.92 Å². The molecular weight excluding hydrogens is 628 g/mol. The Bertz CT molecular complexity index is 1910. The molecule has 2 saturated heterocycles. The van der Waals surface area contributed by atoms with Crippen LogP contribution >= 0.6 is 0 Å². The number of fused-ring (bicyclic) bond motifs is 8. The Morgan fingerprint density at radius 1 is 1.06 bits per heavy atom. The second kappa shape index (κ2) is 11.3. The molecule has 256 valence electrons. The van der Waals surface area contributed by atoms with Gasteiger partial charge in [-0.3, -0.25) is 9.59 Å². The summed E-state index contributed by atoms with van der Waals surface area (Å²) in [5.41, 5.74) is 5.53. The number of nitrogens with one attached hydrogen (secondary N) is 1. The van der Waals surface area contributed by atoms with Crippen molar-refractivity contribution in [2.75, 3.05) is 21.2 Å². The number of aliphatic hydroxyl groups is 1. The maximum atomic E-state index is 14.8. The first-order valence-corrected chi connectivity index (χ1v) is 19.0. The molecule has 2 unspecified atom stereocenters. The number of allylic oxidation sites excluding steroid dienone is 4. The van der Waals surface area contributed by atoms with Crippen LogP contribution in [-0.2, 0) is 26.3 Å². The molecule has 10 nitrogen and oxygen atoms in total. The van der Waals surface area contributed by atoms with E-state index in [9.17, 15) is 23.1 Å². The van der Waals surface area contributed by atoms with Crippen LogP contribution in [0.15, 0.2) is 52.6 Å². The number of hydrogen-bond acceptors (Lipinski definition) is 6. The van der Waals surface area contributed by atoms with E-state index >= 15 is 0 Å². The van der Waals surface area contributed by atoms with Gasteiger partial charge in [-0.15, -0.1) is 0 Å². The Kier molecular flexibility index (Phi) is 7.50. The van der Waals surface area contributed by atoms with Gasteiger partial charge in [0, 0.05) is 49.7 Å². The lowest BCUT2D eigenvalue weighted by molar-refractivity contribution is -0.145. The van der Waals surface area contributed by atoms with Crippen molar-refractivity contribution in [1.82, 2.24) is 18.5 Å². The molecule has 1 aromatic heterocycles. The van der Waals surface area contributed by atoms with Crippen LogP contribution in [-0.4, -0.2) is 78.0 Å². The average Bonchev–Trinajstić information content (AvgIpc) is 3.58. The molecule has 48 heavy (non-hydrogen) atoms. The maximum absolute atomic E-state index is 14.8. The summed E-state index contributed by atoms with van der Waals surface area (Å²) in [6.45, 7) is 2.30. The van der Waals surface area contributed by atoms with Crippen LogP contribution in [0.25, 0.3) is 10.9 Å². The van der Waals surface area contributed by atoms with Gasteiger partial charge in [0.1, 0.15) is 5.75 Å². The van der Waals surface area contributed by atoms with Crippen molar-refractivity contribution in [2.24, 2.45) is 5.92 Å². The molecule has 3 fully saturated rings. The topological polar surface area (TPSA) is 121 Å². The summed E-state index contributed by atoms with van der Waals surface area (Å²) in [6, 6.07) is 6.49. The Hall–Kier alpha value is -3.41. The highest BCUT2D eigenvalue weighted by atomic mass is 32.2. The van der Waals surface area contributed by atoms with Crippen molar-refractivity contribution in [2.45, 2.75) is 107 Å². The van der Waals surface area contributed by atoms with E-state index in [0.29, 0.717) is 37.3 Å². The highest BCUT2D eigenvalue weighted by Gasteiger charge is 2.52. The molecule has 3 aliphatic heterocycles. The van der Waals surface area contributed by atoms with Crippen LogP contribution in [0.2, 0.25) is 0 Å². The Morgan fingerprint density at radius 2 is 1.77 bits per heavy atom. The molecule has 11 heteroatoms. The lowest BCUT2D eigenvalue weighted by Crippen LogP contribution is -2.54. The first-order valence-electron chi connectivity index (χ1n) is 17.5. The van der Waals surface area contributed by atoms with E-state index in [0.717, 1.165) is 69.1 Å². The predicted octanol–water partition coefficient (Wildman–Crippen LogP) is 4.80. The number of nitrogens with zero attached hydrogens (tertiary/aromatic N) is 3. The zero-order valence-electron chi connectivity index (χ0n) is 28.3. The van der Waals surface area contributed by atoms with Gasteiger partial charge >= 0.3 is 10.2 Å². The molecule has 8 rings (SSSR count). The Labute approximate surface area is 282 Å². The number of amides is 2. The smallest absolute Gasteiger partial charge is 0.303 e. The van der Waals surface area contributed by atoms with Gasteiger partial charge in [-0.1, -0.05) is 37.5 Å². The molecule has 0 spiro atoms. The van der Waals surface area contributed by atoms with Crippen molar-refractivity contribution in [1.29, 1.82) is 0 Å². The van der Waals surface area contributed by atoms with Gasteiger partial charge in [-0.2, -0.15) is 12.7 Å². The van der Waals surface area contributed by atoms with Gasteiger partial charge in [0.15, 0.2) is 0 Å². The van der Waals surface area contributed by atoms with E-state index in [1.54, 1.807) is 7.11 Å². The molecule has 1 saturated carbocycles. The minimum absolute atomic E-state index is 0.00934. The van der Waals surface area contributed by atoms with Crippen molar-refractivity contribution in [3.05, 3.63) is 63.9 Å². The molecule has 4 atom stereocenters. The summed E-state index contributed by atoms with van der Waals surface area (Å²) in [5, 5.41) is 12.0. The molecular formula is C37H46N4O6S. The molecule has 2 N–H and O–H groups in total. The number of carbonyl (C=O) groups excluding carboxylic acids is 2. The number of carbonyl (C=O) groups is 2. The van der Waals surface area contributed by atoms with E-state index in [-0.39, 0.29) is 23.9 Å². The molecule has 2 amide bonds. The lowest BCUT2D eigenvalue weighted by atomic mass is 9.75. The number of methoxy groups -OCH3 is 1. The molecule has 2 aromatic rings. The quantitative estimate of drug-likeness (QED) is 0.454. The fraction of sp³-hybridized carbons (Fsp3) is 0.568. The van der Waals surface area contributed by atoms with Gasteiger partial charge in [0.25, 0.3) is 5.91 Å². The molecule has 2 bridgehead atoms. The number of piperidine rings is 1. The van der Waals surface area contributed by atoms with Gasteiger partial charge in [0.05, 0.1) is 29.7 Å². The van der Waals surface area contributed by atoms with Crippen molar-refractivity contribution in [3.63, 3.8) is 0 Å². The molecule has 4 heterocycles. The van der Waals surface area contributed by atoms with Crippen LogP contribution in [0.5, 0.6) is 5.75 Å². The maximum Gasteiger partial charge on any atom is 0.303 e. The minimum atomic E-state index is -4.00. The van der Waals surface area contributed by atoms with E-state index in [1.807, 2.05) is 19.1 Å². The second-order valence-corrected chi connectivity index (χ2v) is 17.2. The molecule has 6 aliphatic rings. The number of rotatable bonds is 6. The first kappa shape index (κ1) is 31.8. The number of benzene rings is 1. The van der Waals surface area contributed by atoms with Gasteiger partial charge in [-0.25, -0.2) is 4.72 Å². The Balaban J connectivity index is 1.29. The highest BCUT2D eigenvalue weighted by Crippen LogP contribution is 2.56. The van der Waals surface area contributed by atoms with Crippen LogP contribution in [0.4, 0.5) is 0 Å². The van der Waals surface area contributed by atoms with Crippen LogP contribution in [0.1, 0.15) is 94.2 Å². The SMILES string of the molecule is COc1ccc(C2CCCCC2)c2c1cc1n2CC2=C(C(=O)NS(=O)(=O)N(C)C)C2=C2C=CC[C@@H](C(=O)N3C4CCC3CC(C)(O)C4)[C@@H]21. The zero-order valence-corrected chi connectivity index (χ0v) is 29.1. The fourth-order valence-corrected chi connectivity index (χ4v) is 10.3. The third kappa shape index (κ3) is 4.98. The molecule has 1 aromatic carbocycles. The van der Waals surface area contributed by atoms with Crippen molar-refractivity contribution < 1.29 is 27.9 Å². The van der Waals surface area contributed by atoms with Gasteiger partial charge in [0.2, 0.25) is 5.91 Å². The summed E-state index contributed by atoms with van der Waals surface area (Å²) in [4.78, 5) is 30.6. The number of ether oxygens (including phenoxy) is 1. The highest BCUT2D eigenvalue weighted by molar-refractivity contribution is 7.87. The van der Waals surface area contributed by atoms with E-state index in [4.69, 9.17) is 4.74 Å². The summed E-state index contributed by atoms with van der Waals surface area (Å²) >= 11 is 0. The Morgan fingerprint density at radius 3 is 2.44 bits per heavy atom. The summed E-state index contributed by atoms with van der Waals surface area (Å²) in [5.74, 6) is -0.0752. The summed E-state index contributed by atoms with van der Waals surface area (Å²) in [6.07, 6.45) is 13.4. The van der Waals surface area contributed by atoms with Gasteiger partial charge in [-0.05, 0) is 92.2 Å². The van der Waals surface area contributed by atoms with Crippen LogP contribution < -0.4 is 9.46 Å². The number of hydrogen-bond donors (Lipinski definition) is 2. The standard InChI is InChI=1S/C37H46N4O6S/c1-37(44)18-22-13-14-23(19-37)41(22)36(43)26-12-8-11-25-31(26)29-17-27-30(47-4)16-15-24(21-9-6-5-7-10-21)34(27)40(29)20-28-32(25)33(28)35(42)38-48(45,46)39(2)3/h8,11,15-17,21-23,26,31,44H,5-7,9-10,12-14,18-20H2,1-4H3,(H,38,42)/t22?,23?,26-,31-,37?/m1/s1. The summed E-state index contributed by atoms with van der Waals surface area (Å²) in [7, 11) is 0.474. The van der Waals surface area contributed by atoms with Crippen molar-refractivity contribution in [3.8, 4) is 5.75 Å². The first-order chi connectivity index (χ1) is 22.9. The largest absolute Gasteiger partial charge is 0.496 e. The summed E-state index contributed by atoms with van der Waals surface area (Å²) < 4.78 is 37.0. The zero-order chi connectivity index (χ0) is 33.7. The third-order valence-corrected chi connectivity index (χ3v) is 13.4. The lowest BCUT2D eigenvalue weighted by Gasteiger charge is -2.44. The molecule has 3 aliphatic carbocycles. The van der Waals surface area contributed by atoms with E-state index < -0.39 is 27.6 Å². The predicted molar refractivity (Wildman–Crippen MR) is 183 cm³/mol. The molecule has 0 radical (unpaired) electrons. The monoisotopic (exact) mass is 674 g/mol. The minimum Gasteiger partial charge on any atom is -0.496 e. The average molecular weight is 675 g/mol. The van der Waals surface area contributed by atoms with Gasteiger partial charge < -0.3 is 19.3 Å². The fourth-order valence-electron chi connectivity index (χ4n) is 9.78. The third-order valence-electron chi connectivity index (χ3n) is 12.0. The number of aromatic nitrogens is 1. The van der Waals surface area contributed by atoms with E-state index in [1.165, 1.54) is 38.9 Å². The second-order valence-electron chi connectivity index (χ2n) is 15.3. The van der Waals surface area contributed by atoms with E-state index in [2.05, 4.69) is 32.4 Å². The van der Waals surface area contributed by atoms with Crippen LogP contribution in [0.3, 0.4) is 0 Å². The normalized spacial score (nSPS) is 29.9.